The van der Waals surface area contributed by atoms with Crippen LogP contribution in [-0.2, 0) is 20.7 Å². The maximum atomic E-state index is 13.5. The average Bonchev–Trinajstić information content (AvgIpc) is 3.58. The summed E-state index contributed by atoms with van der Waals surface area (Å²) in [6, 6.07) is 9.13. The first-order valence-corrected chi connectivity index (χ1v) is 13.0. The van der Waals surface area contributed by atoms with Crippen molar-refractivity contribution in [3.05, 3.63) is 98.1 Å². The van der Waals surface area contributed by atoms with Crippen molar-refractivity contribution in [2.75, 3.05) is 11.5 Å². The van der Waals surface area contributed by atoms with Crippen LogP contribution in [-0.4, -0.2) is 45.4 Å². The standard InChI is InChI=1S/C28H23N3O8S/c1-4-10-38-27(35)25-15(3)29-28(40-25)30-22(16-6-5-7-19(13-16)31(36)37)21(24(33)26(30)34)23(32)17-8-9-20-18(12-17)11-14(2)39-20/h4-9,12-14,22,32H,1,10-11H2,2-3H3. The molecule has 5 rings (SSSR count). The van der Waals surface area contributed by atoms with Crippen LogP contribution in [0, 0.1) is 17.0 Å². The lowest BCUT2D eigenvalue weighted by Gasteiger charge is -2.23. The van der Waals surface area contributed by atoms with E-state index >= 15 is 0 Å². The molecule has 12 heteroatoms. The minimum atomic E-state index is -1.26. The molecule has 40 heavy (non-hydrogen) atoms. The molecule has 1 amide bonds. The van der Waals surface area contributed by atoms with Crippen LogP contribution in [0.4, 0.5) is 10.8 Å². The van der Waals surface area contributed by atoms with Crippen molar-refractivity contribution in [1.29, 1.82) is 0 Å². The van der Waals surface area contributed by atoms with E-state index in [1.165, 1.54) is 30.3 Å². The molecule has 0 spiro atoms. The second kappa shape index (κ2) is 10.4. The van der Waals surface area contributed by atoms with Crippen molar-refractivity contribution < 1.29 is 33.9 Å². The Labute approximate surface area is 232 Å². The van der Waals surface area contributed by atoms with E-state index in [1.807, 2.05) is 6.92 Å². The molecular weight excluding hydrogens is 538 g/mol. The van der Waals surface area contributed by atoms with Gasteiger partial charge in [-0.2, -0.15) is 0 Å². The van der Waals surface area contributed by atoms with Crippen molar-refractivity contribution in [2.45, 2.75) is 32.4 Å². The number of esters is 1. The number of aryl methyl sites for hydroxylation is 1. The number of aromatic nitrogens is 1. The van der Waals surface area contributed by atoms with E-state index in [0.717, 1.165) is 21.8 Å². The van der Waals surface area contributed by atoms with Gasteiger partial charge in [-0.1, -0.05) is 36.1 Å². The maximum absolute atomic E-state index is 13.5. The average molecular weight is 562 g/mol. The minimum Gasteiger partial charge on any atom is -0.507 e. The summed E-state index contributed by atoms with van der Waals surface area (Å²) in [5.74, 6) is -2.47. The summed E-state index contributed by atoms with van der Waals surface area (Å²) < 4.78 is 10.8. The number of aliphatic hydroxyl groups excluding tert-OH is 1. The SMILES string of the molecule is C=CCOC(=O)c1sc(N2C(=O)C(=O)C(=C(O)c3ccc4c(c3)CC(C)O4)C2c2cccc([N+](=O)[O-])c2)nc1C. The molecule has 1 N–H and O–H groups in total. The summed E-state index contributed by atoms with van der Waals surface area (Å²) >= 11 is 0.834. The Bertz CT molecular complexity index is 1630. The number of nitro groups is 1. The summed E-state index contributed by atoms with van der Waals surface area (Å²) in [5, 5.41) is 23.0. The van der Waals surface area contributed by atoms with Gasteiger partial charge in [0.05, 0.1) is 22.2 Å². The lowest BCUT2D eigenvalue weighted by molar-refractivity contribution is -0.384. The van der Waals surface area contributed by atoms with Crippen LogP contribution in [0.2, 0.25) is 0 Å². The van der Waals surface area contributed by atoms with E-state index in [-0.39, 0.29) is 50.8 Å². The molecule has 1 fully saturated rings. The number of carbonyl (C=O) groups is 3. The molecule has 2 aliphatic rings. The first-order chi connectivity index (χ1) is 19.1. The van der Waals surface area contributed by atoms with Crippen molar-refractivity contribution in [1.82, 2.24) is 4.98 Å². The number of rotatable bonds is 7. The van der Waals surface area contributed by atoms with Gasteiger partial charge in [0.15, 0.2) is 5.13 Å². The number of nitro benzene ring substituents is 1. The number of amides is 1. The van der Waals surface area contributed by atoms with E-state index in [9.17, 15) is 29.6 Å². The Kier molecular flexibility index (Phi) is 6.94. The Balaban J connectivity index is 1.67. The second-order valence-corrected chi connectivity index (χ2v) is 10.3. The Morgan fingerprint density at radius 2 is 2.10 bits per heavy atom. The zero-order valence-electron chi connectivity index (χ0n) is 21.4. The van der Waals surface area contributed by atoms with E-state index in [4.69, 9.17) is 9.47 Å². The van der Waals surface area contributed by atoms with E-state index in [2.05, 4.69) is 11.6 Å². The molecule has 0 aliphatic carbocycles. The van der Waals surface area contributed by atoms with Crippen LogP contribution in [0.5, 0.6) is 5.75 Å². The largest absolute Gasteiger partial charge is 0.507 e. The first kappa shape index (κ1) is 26.8. The van der Waals surface area contributed by atoms with Gasteiger partial charge >= 0.3 is 11.9 Å². The molecule has 11 nitrogen and oxygen atoms in total. The van der Waals surface area contributed by atoms with Gasteiger partial charge in [-0.15, -0.1) is 0 Å². The number of nitrogens with zero attached hydrogens (tertiary/aromatic N) is 3. The predicted octanol–water partition coefficient (Wildman–Crippen LogP) is 4.65. The Hall–Kier alpha value is -4.84. The molecule has 204 valence electrons. The maximum Gasteiger partial charge on any atom is 0.350 e. The highest BCUT2D eigenvalue weighted by molar-refractivity contribution is 7.17. The lowest BCUT2D eigenvalue weighted by Crippen LogP contribution is -2.29. The number of carbonyl (C=O) groups excluding carboxylic acids is 3. The number of hydrogen-bond donors (Lipinski definition) is 1. The topological polar surface area (TPSA) is 149 Å². The number of Topliss-reactive ketones (excluding diaryl/α,β-unsaturated/α-hetero) is 1. The molecule has 1 saturated heterocycles. The molecule has 1 aromatic heterocycles. The van der Waals surface area contributed by atoms with Crippen LogP contribution in [0.25, 0.3) is 5.76 Å². The third kappa shape index (κ3) is 4.62. The van der Waals surface area contributed by atoms with Crippen LogP contribution < -0.4 is 9.64 Å². The summed E-state index contributed by atoms with van der Waals surface area (Å²) in [6.45, 7) is 6.93. The van der Waals surface area contributed by atoms with Gasteiger partial charge in [-0.3, -0.25) is 24.6 Å². The molecular formula is C28H23N3O8S. The normalized spacial score (nSPS) is 19.3. The highest BCUT2D eigenvalue weighted by atomic mass is 32.1. The molecule has 3 heterocycles. The molecule has 0 saturated carbocycles. The first-order valence-electron chi connectivity index (χ1n) is 12.2. The second-order valence-electron chi connectivity index (χ2n) is 9.27. The fraction of sp³-hybridized carbons (Fsp3) is 0.214. The van der Waals surface area contributed by atoms with Crippen molar-refractivity contribution in [3.63, 3.8) is 0 Å². The van der Waals surface area contributed by atoms with Crippen molar-refractivity contribution in [2.24, 2.45) is 0 Å². The quantitative estimate of drug-likeness (QED) is 0.0827. The zero-order valence-corrected chi connectivity index (χ0v) is 22.3. The molecule has 2 aliphatic heterocycles. The van der Waals surface area contributed by atoms with E-state index in [1.54, 1.807) is 25.1 Å². The van der Waals surface area contributed by atoms with Crippen LogP contribution in [0.1, 0.15) is 45.0 Å². The summed E-state index contributed by atoms with van der Waals surface area (Å²) in [7, 11) is 0. The Morgan fingerprint density at radius 1 is 1.32 bits per heavy atom. The van der Waals surface area contributed by atoms with Gasteiger partial charge < -0.3 is 14.6 Å². The molecule has 2 unspecified atom stereocenters. The van der Waals surface area contributed by atoms with Crippen LogP contribution in [0.15, 0.2) is 60.7 Å². The molecule has 2 aromatic carbocycles. The lowest BCUT2D eigenvalue weighted by atomic mass is 9.94. The third-order valence-electron chi connectivity index (χ3n) is 6.52. The fourth-order valence-electron chi connectivity index (χ4n) is 4.75. The molecule has 3 aromatic rings. The van der Waals surface area contributed by atoms with E-state index < -0.39 is 34.4 Å². The van der Waals surface area contributed by atoms with Gasteiger partial charge in [0, 0.05) is 24.1 Å². The fourth-order valence-corrected chi connectivity index (χ4v) is 5.74. The number of thiazole rings is 1. The molecule has 0 bridgehead atoms. The van der Waals surface area contributed by atoms with Crippen molar-refractivity contribution in [3.8, 4) is 5.75 Å². The number of ether oxygens (including phenoxy) is 2. The number of fused-ring (bicyclic) bond motifs is 1. The summed E-state index contributed by atoms with van der Waals surface area (Å²) in [6.07, 6.45) is 1.95. The van der Waals surface area contributed by atoms with Gasteiger partial charge in [0.25, 0.3) is 11.5 Å². The molecule has 0 radical (unpaired) electrons. The number of aliphatic hydroxyl groups is 1. The van der Waals surface area contributed by atoms with Gasteiger partial charge in [-0.05, 0) is 43.2 Å². The van der Waals surface area contributed by atoms with Gasteiger partial charge in [-0.25, -0.2) is 9.78 Å². The minimum absolute atomic E-state index is 0.00288. The van der Waals surface area contributed by atoms with Crippen LogP contribution >= 0.6 is 11.3 Å². The zero-order chi connectivity index (χ0) is 28.7. The third-order valence-corrected chi connectivity index (χ3v) is 7.66. The molecule has 2 atom stereocenters. The van der Waals surface area contributed by atoms with Gasteiger partial charge in [0.2, 0.25) is 0 Å². The number of hydrogen-bond acceptors (Lipinski definition) is 10. The number of ketones is 1. The summed E-state index contributed by atoms with van der Waals surface area (Å²) in [4.78, 5) is 55.9. The number of non-ortho nitro benzene ring substituents is 1. The number of anilines is 1. The Morgan fingerprint density at radius 3 is 2.83 bits per heavy atom. The van der Waals surface area contributed by atoms with Crippen molar-refractivity contribution >= 4 is 45.6 Å². The smallest absolute Gasteiger partial charge is 0.350 e. The van der Waals surface area contributed by atoms with Crippen LogP contribution in [0.3, 0.4) is 0 Å². The highest BCUT2D eigenvalue weighted by Gasteiger charge is 2.49. The highest BCUT2D eigenvalue weighted by Crippen LogP contribution is 2.45. The number of benzene rings is 2. The summed E-state index contributed by atoms with van der Waals surface area (Å²) in [5.41, 5.74) is 1.06. The predicted molar refractivity (Wildman–Crippen MR) is 145 cm³/mol. The monoisotopic (exact) mass is 561 g/mol. The van der Waals surface area contributed by atoms with Gasteiger partial charge in [0.1, 0.15) is 29.1 Å². The van der Waals surface area contributed by atoms with E-state index in [0.29, 0.717) is 12.2 Å².